The Bertz CT molecular complexity index is 903. The fourth-order valence-corrected chi connectivity index (χ4v) is 4.00. The van der Waals surface area contributed by atoms with Crippen LogP contribution in [-0.4, -0.2) is 53.1 Å². The third-order valence-electron chi connectivity index (χ3n) is 5.62. The Labute approximate surface area is 188 Å². The summed E-state index contributed by atoms with van der Waals surface area (Å²) in [6.45, 7) is 2.70. The molecule has 1 fully saturated rings. The monoisotopic (exact) mass is 438 g/mol. The van der Waals surface area contributed by atoms with Gasteiger partial charge in [-0.15, -0.1) is 0 Å². The Balaban J connectivity index is 1.65. The van der Waals surface area contributed by atoms with Gasteiger partial charge in [-0.05, 0) is 37.5 Å². The summed E-state index contributed by atoms with van der Waals surface area (Å²) >= 11 is 0. The van der Waals surface area contributed by atoms with E-state index in [0.29, 0.717) is 25.9 Å². The van der Waals surface area contributed by atoms with Gasteiger partial charge < -0.3 is 19.6 Å². The highest BCUT2D eigenvalue weighted by molar-refractivity contribution is 5.95. The molecule has 1 aliphatic heterocycles. The maximum Gasteiger partial charge on any atom is 0.337 e. The predicted octanol–water partition coefficient (Wildman–Crippen LogP) is 2.92. The number of likely N-dealkylation sites (tertiary alicyclic amines) is 1. The molecule has 7 nitrogen and oxygen atoms in total. The average Bonchev–Trinajstić information content (AvgIpc) is 3.31. The first-order valence-electron chi connectivity index (χ1n) is 11.0. The quantitative estimate of drug-likeness (QED) is 0.609. The van der Waals surface area contributed by atoms with E-state index >= 15 is 0 Å². The number of para-hydroxylation sites is 1. The molecule has 0 radical (unpaired) electrons. The van der Waals surface area contributed by atoms with Crippen molar-refractivity contribution in [1.82, 2.24) is 4.90 Å². The summed E-state index contributed by atoms with van der Waals surface area (Å²) in [5.41, 5.74) is 1.76. The Hall–Kier alpha value is -3.19. The zero-order valence-electron chi connectivity index (χ0n) is 18.4. The van der Waals surface area contributed by atoms with Gasteiger partial charge in [0.1, 0.15) is 0 Å². The van der Waals surface area contributed by atoms with Gasteiger partial charge in [-0.2, -0.15) is 0 Å². The van der Waals surface area contributed by atoms with Crippen molar-refractivity contribution in [2.45, 2.75) is 51.3 Å². The van der Waals surface area contributed by atoms with Crippen LogP contribution in [0.2, 0.25) is 0 Å². The molecular weight excluding hydrogens is 408 g/mol. The first-order valence-corrected chi connectivity index (χ1v) is 11.0. The van der Waals surface area contributed by atoms with Crippen LogP contribution < -0.4 is 4.90 Å². The number of rotatable bonds is 9. The van der Waals surface area contributed by atoms with E-state index in [4.69, 9.17) is 4.74 Å². The SMILES string of the molecule is CCOC(=O)C(O)C1CCCN1C(=O)CCC(=O)N(Cc1ccccc1)c1ccccc1. The second-order valence-corrected chi connectivity index (χ2v) is 7.79. The van der Waals surface area contributed by atoms with Crippen LogP contribution in [0.1, 0.15) is 38.2 Å². The van der Waals surface area contributed by atoms with Crippen molar-refractivity contribution < 1.29 is 24.2 Å². The number of aliphatic hydroxyl groups excluding tert-OH is 1. The summed E-state index contributed by atoms with van der Waals surface area (Å²) in [5, 5.41) is 10.3. The molecule has 1 saturated heterocycles. The second-order valence-electron chi connectivity index (χ2n) is 7.79. The van der Waals surface area contributed by atoms with E-state index in [1.165, 1.54) is 4.90 Å². The molecule has 7 heteroatoms. The van der Waals surface area contributed by atoms with Crippen LogP contribution in [0, 0.1) is 0 Å². The van der Waals surface area contributed by atoms with E-state index in [1.807, 2.05) is 60.7 Å². The van der Waals surface area contributed by atoms with Crippen molar-refractivity contribution in [3.05, 3.63) is 66.2 Å². The Morgan fingerprint density at radius 1 is 1.06 bits per heavy atom. The molecule has 0 bridgehead atoms. The highest BCUT2D eigenvalue weighted by Crippen LogP contribution is 2.23. The third-order valence-corrected chi connectivity index (χ3v) is 5.62. The summed E-state index contributed by atoms with van der Waals surface area (Å²) in [7, 11) is 0. The van der Waals surface area contributed by atoms with Gasteiger partial charge in [-0.1, -0.05) is 48.5 Å². The van der Waals surface area contributed by atoms with E-state index in [1.54, 1.807) is 11.8 Å². The lowest BCUT2D eigenvalue weighted by Gasteiger charge is -2.28. The molecule has 3 rings (SSSR count). The lowest BCUT2D eigenvalue weighted by Crippen LogP contribution is -2.47. The standard InChI is InChI=1S/C25H30N2O5/c1-2-32-25(31)24(30)21-14-9-17-26(21)22(28)15-16-23(29)27(20-12-7-4-8-13-20)18-19-10-5-3-6-11-19/h3-8,10-13,21,24,30H,2,9,14-18H2,1H3. The van der Waals surface area contributed by atoms with E-state index in [-0.39, 0.29) is 31.3 Å². The number of hydrogen-bond acceptors (Lipinski definition) is 5. The van der Waals surface area contributed by atoms with Gasteiger partial charge >= 0.3 is 5.97 Å². The molecule has 0 aromatic heterocycles. The Morgan fingerprint density at radius 3 is 2.38 bits per heavy atom. The van der Waals surface area contributed by atoms with E-state index in [0.717, 1.165) is 11.3 Å². The third kappa shape index (κ3) is 5.95. The Morgan fingerprint density at radius 2 is 1.72 bits per heavy atom. The number of carbonyl (C=O) groups excluding carboxylic acids is 3. The number of esters is 1. The summed E-state index contributed by atoms with van der Waals surface area (Å²) in [5.74, 6) is -1.11. The molecule has 2 aromatic carbocycles. The molecule has 2 aromatic rings. The molecule has 0 aliphatic carbocycles. The molecule has 2 atom stereocenters. The number of aliphatic hydroxyl groups is 1. The molecule has 32 heavy (non-hydrogen) atoms. The lowest BCUT2D eigenvalue weighted by atomic mass is 10.1. The molecule has 0 saturated carbocycles. The molecule has 2 amide bonds. The Kier molecular flexibility index (Phi) is 8.39. The molecule has 0 spiro atoms. The fraction of sp³-hybridized carbons (Fsp3) is 0.400. The number of anilines is 1. The zero-order chi connectivity index (χ0) is 22.9. The van der Waals surface area contributed by atoms with Crippen LogP contribution in [0.15, 0.2) is 60.7 Å². The van der Waals surface area contributed by atoms with Gasteiger partial charge in [0.15, 0.2) is 6.10 Å². The number of ether oxygens (including phenoxy) is 1. The van der Waals surface area contributed by atoms with Crippen molar-refractivity contribution in [1.29, 1.82) is 0 Å². The summed E-state index contributed by atoms with van der Waals surface area (Å²) in [6.07, 6.45) is -0.0761. The molecule has 1 N–H and O–H groups in total. The average molecular weight is 439 g/mol. The van der Waals surface area contributed by atoms with Crippen molar-refractivity contribution in [2.24, 2.45) is 0 Å². The first-order chi connectivity index (χ1) is 15.5. The molecule has 1 heterocycles. The van der Waals surface area contributed by atoms with Gasteiger partial charge in [0.25, 0.3) is 0 Å². The van der Waals surface area contributed by atoms with Gasteiger partial charge in [0.05, 0.1) is 19.2 Å². The van der Waals surface area contributed by atoms with E-state index < -0.39 is 18.1 Å². The minimum Gasteiger partial charge on any atom is -0.464 e. The topological polar surface area (TPSA) is 87.1 Å². The maximum atomic E-state index is 13.1. The fourth-order valence-electron chi connectivity index (χ4n) is 4.00. The number of nitrogens with zero attached hydrogens (tertiary/aromatic N) is 2. The number of carbonyl (C=O) groups is 3. The van der Waals surface area contributed by atoms with Crippen molar-refractivity contribution in [2.75, 3.05) is 18.1 Å². The molecular formula is C25H30N2O5. The largest absolute Gasteiger partial charge is 0.464 e. The van der Waals surface area contributed by atoms with Crippen LogP contribution in [0.4, 0.5) is 5.69 Å². The van der Waals surface area contributed by atoms with Crippen molar-refractivity contribution in [3.63, 3.8) is 0 Å². The minimum absolute atomic E-state index is 0.0169. The summed E-state index contributed by atoms with van der Waals surface area (Å²) in [4.78, 5) is 41.1. The number of amides is 2. The first kappa shape index (κ1) is 23.5. The van der Waals surface area contributed by atoms with Gasteiger partial charge in [0.2, 0.25) is 11.8 Å². The minimum atomic E-state index is -1.36. The van der Waals surface area contributed by atoms with Crippen molar-refractivity contribution >= 4 is 23.5 Å². The molecule has 170 valence electrons. The van der Waals surface area contributed by atoms with Crippen LogP contribution in [0.3, 0.4) is 0 Å². The number of hydrogen-bond donors (Lipinski definition) is 1. The van der Waals surface area contributed by atoms with Gasteiger partial charge in [0, 0.05) is 25.1 Å². The smallest absolute Gasteiger partial charge is 0.337 e. The highest BCUT2D eigenvalue weighted by atomic mass is 16.5. The van der Waals surface area contributed by atoms with Crippen LogP contribution in [-0.2, 0) is 25.7 Å². The zero-order valence-corrected chi connectivity index (χ0v) is 18.4. The summed E-state index contributed by atoms with van der Waals surface area (Å²) in [6, 6.07) is 18.5. The second kappa shape index (κ2) is 11.4. The highest BCUT2D eigenvalue weighted by Gasteiger charge is 2.38. The van der Waals surface area contributed by atoms with Crippen LogP contribution >= 0.6 is 0 Å². The van der Waals surface area contributed by atoms with Gasteiger partial charge in [-0.3, -0.25) is 9.59 Å². The van der Waals surface area contributed by atoms with Crippen molar-refractivity contribution in [3.8, 4) is 0 Å². The van der Waals surface area contributed by atoms with E-state index in [2.05, 4.69) is 0 Å². The normalized spacial score (nSPS) is 16.4. The van der Waals surface area contributed by atoms with Crippen LogP contribution in [0.5, 0.6) is 0 Å². The van der Waals surface area contributed by atoms with Crippen LogP contribution in [0.25, 0.3) is 0 Å². The number of benzene rings is 2. The summed E-state index contributed by atoms with van der Waals surface area (Å²) < 4.78 is 4.89. The molecule has 1 aliphatic rings. The maximum absolute atomic E-state index is 13.1. The molecule has 2 unspecified atom stereocenters. The lowest BCUT2D eigenvalue weighted by molar-refractivity contribution is -0.157. The van der Waals surface area contributed by atoms with E-state index in [9.17, 15) is 19.5 Å². The predicted molar refractivity (Wildman–Crippen MR) is 121 cm³/mol. The van der Waals surface area contributed by atoms with Gasteiger partial charge in [-0.25, -0.2) is 4.79 Å².